The van der Waals surface area contributed by atoms with Crippen LogP contribution in [0.15, 0.2) is 10.9 Å². The summed E-state index contributed by atoms with van der Waals surface area (Å²) in [6.07, 6.45) is 2.34. The fraction of sp³-hybridized carbons (Fsp3) is 0.636. The summed E-state index contributed by atoms with van der Waals surface area (Å²) in [5.74, 6) is -0.540. The molecule has 0 saturated carbocycles. The molecule has 1 aromatic heterocycles. The molecule has 2 amide bonds. The minimum absolute atomic E-state index is 0.138. The van der Waals surface area contributed by atoms with Gasteiger partial charge in [0.05, 0.1) is 0 Å². The molecule has 19 heavy (non-hydrogen) atoms. The van der Waals surface area contributed by atoms with E-state index in [4.69, 9.17) is 5.11 Å². The molecular formula is C11H18N4O4. The highest BCUT2D eigenvalue weighted by molar-refractivity contribution is 5.80. The fourth-order valence-electron chi connectivity index (χ4n) is 1.48. The van der Waals surface area contributed by atoms with Crippen molar-refractivity contribution < 1.29 is 19.2 Å². The largest absolute Gasteiger partial charge is 0.480 e. The van der Waals surface area contributed by atoms with Crippen molar-refractivity contribution in [2.45, 2.75) is 32.7 Å². The second-order valence-corrected chi connectivity index (χ2v) is 4.11. The molecule has 1 unspecified atom stereocenters. The van der Waals surface area contributed by atoms with Crippen LogP contribution < -0.4 is 5.32 Å². The highest BCUT2D eigenvalue weighted by Gasteiger charge is 2.21. The predicted octanol–water partition coefficient (Wildman–Crippen LogP) is 0.507. The van der Waals surface area contributed by atoms with E-state index < -0.39 is 12.0 Å². The van der Waals surface area contributed by atoms with Crippen LogP contribution in [-0.2, 0) is 11.2 Å². The van der Waals surface area contributed by atoms with E-state index in [9.17, 15) is 9.59 Å². The number of nitrogens with one attached hydrogen (secondary N) is 1. The van der Waals surface area contributed by atoms with Gasteiger partial charge in [0.1, 0.15) is 6.54 Å². The van der Waals surface area contributed by atoms with Gasteiger partial charge in [-0.25, -0.2) is 4.79 Å². The number of carbonyl (C=O) groups is 2. The first kappa shape index (κ1) is 14.9. The Kier molecular flexibility index (Phi) is 5.77. The van der Waals surface area contributed by atoms with Crippen molar-refractivity contribution in [2.75, 3.05) is 13.1 Å². The molecule has 1 rings (SSSR count). The number of aliphatic carboxylic acids is 1. The minimum Gasteiger partial charge on any atom is -0.480 e. The number of hydrogen-bond acceptors (Lipinski definition) is 5. The standard InChI is InChI=1S/C11H18N4O4/c1-3-8(2)15(6-10(16)17)11(18)12-5-4-9-13-7-19-14-9/h7-8H,3-6H2,1-2H3,(H,12,18)(H,16,17). The van der Waals surface area contributed by atoms with Crippen LogP contribution >= 0.6 is 0 Å². The first-order chi connectivity index (χ1) is 9.04. The van der Waals surface area contributed by atoms with Gasteiger partial charge >= 0.3 is 12.0 Å². The van der Waals surface area contributed by atoms with E-state index in [1.807, 2.05) is 13.8 Å². The Morgan fingerprint density at radius 2 is 2.32 bits per heavy atom. The lowest BCUT2D eigenvalue weighted by Crippen LogP contribution is -2.47. The van der Waals surface area contributed by atoms with Crippen molar-refractivity contribution in [3.05, 3.63) is 12.2 Å². The summed E-state index contributed by atoms with van der Waals surface area (Å²) in [5.41, 5.74) is 0. The summed E-state index contributed by atoms with van der Waals surface area (Å²) in [5, 5.41) is 15.1. The third-order valence-electron chi connectivity index (χ3n) is 2.72. The summed E-state index contributed by atoms with van der Waals surface area (Å²) in [6.45, 7) is 3.71. The van der Waals surface area contributed by atoms with Crippen LogP contribution in [0.2, 0.25) is 0 Å². The molecule has 0 radical (unpaired) electrons. The Labute approximate surface area is 110 Å². The number of carboxylic acids is 1. The molecule has 0 fully saturated rings. The molecule has 0 aliphatic carbocycles. The second kappa shape index (κ2) is 7.34. The first-order valence-corrected chi connectivity index (χ1v) is 6.06. The molecule has 0 spiro atoms. The van der Waals surface area contributed by atoms with Crippen molar-refractivity contribution in [3.63, 3.8) is 0 Å². The Morgan fingerprint density at radius 1 is 1.58 bits per heavy atom. The SMILES string of the molecule is CCC(C)N(CC(=O)O)C(=O)NCCc1ncon1. The zero-order valence-electron chi connectivity index (χ0n) is 11.0. The lowest BCUT2D eigenvalue weighted by Gasteiger charge is -2.26. The topological polar surface area (TPSA) is 109 Å². The second-order valence-electron chi connectivity index (χ2n) is 4.11. The van der Waals surface area contributed by atoms with Crippen LogP contribution in [-0.4, -0.2) is 51.3 Å². The number of rotatable bonds is 7. The van der Waals surface area contributed by atoms with Crippen LogP contribution in [0.1, 0.15) is 26.1 Å². The van der Waals surface area contributed by atoms with Crippen molar-refractivity contribution in [1.82, 2.24) is 20.4 Å². The maximum absolute atomic E-state index is 11.9. The molecular weight excluding hydrogens is 252 g/mol. The number of amides is 2. The highest BCUT2D eigenvalue weighted by atomic mass is 16.5. The minimum atomic E-state index is -1.03. The molecule has 1 atom stereocenters. The van der Waals surface area contributed by atoms with Crippen LogP contribution in [0.25, 0.3) is 0 Å². The van der Waals surface area contributed by atoms with E-state index >= 15 is 0 Å². The number of hydrogen-bond donors (Lipinski definition) is 2. The van der Waals surface area contributed by atoms with Gasteiger partial charge in [0.2, 0.25) is 6.39 Å². The summed E-state index contributed by atoms with van der Waals surface area (Å²) >= 11 is 0. The van der Waals surface area contributed by atoms with Gasteiger partial charge in [-0.2, -0.15) is 4.98 Å². The molecule has 0 bridgehead atoms. The van der Waals surface area contributed by atoms with Gasteiger partial charge in [-0.3, -0.25) is 4.79 Å². The third-order valence-corrected chi connectivity index (χ3v) is 2.72. The van der Waals surface area contributed by atoms with Gasteiger partial charge in [0.15, 0.2) is 5.82 Å². The molecule has 1 aromatic rings. The monoisotopic (exact) mass is 270 g/mol. The lowest BCUT2D eigenvalue weighted by atomic mass is 10.2. The molecule has 0 aliphatic heterocycles. The van der Waals surface area contributed by atoms with Crippen molar-refractivity contribution in [3.8, 4) is 0 Å². The van der Waals surface area contributed by atoms with Gasteiger partial charge in [0, 0.05) is 19.0 Å². The van der Waals surface area contributed by atoms with Gasteiger partial charge in [-0.1, -0.05) is 12.1 Å². The smallest absolute Gasteiger partial charge is 0.323 e. The van der Waals surface area contributed by atoms with E-state index in [2.05, 4.69) is 20.0 Å². The number of urea groups is 1. The van der Waals surface area contributed by atoms with Gasteiger partial charge in [-0.15, -0.1) is 0 Å². The van der Waals surface area contributed by atoms with Crippen molar-refractivity contribution in [2.24, 2.45) is 0 Å². The van der Waals surface area contributed by atoms with E-state index in [0.29, 0.717) is 25.2 Å². The van der Waals surface area contributed by atoms with E-state index in [-0.39, 0.29) is 12.6 Å². The maximum atomic E-state index is 11.9. The van der Waals surface area contributed by atoms with Crippen LogP contribution in [0.5, 0.6) is 0 Å². The average Bonchev–Trinajstić information content (AvgIpc) is 2.87. The molecule has 8 heteroatoms. The highest BCUT2D eigenvalue weighted by Crippen LogP contribution is 2.03. The summed E-state index contributed by atoms with van der Waals surface area (Å²) in [4.78, 5) is 27.7. The van der Waals surface area contributed by atoms with E-state index in [0.717, 1.165) is 0 Å². The average molecular weight is 270 g/mol. The molecule has 0 aliphatic rings. The van der Waals surface area contributed by atoms with Crippen LogP contribution in [0, 0.1) is 0 Å². The van der Waals surface area contributed by atoms with Crippen molar-refractivity contribution >= 4 is 12.0 Å². The number of nitrogens with zero attached hydrogens (tertiary/aromatic N) is 3. The molecule has 1 heterocycles. The Morgan fingerprint density at radius 3 is 2.84 bits per heavy atom. The zero-order chi connectivity index (χ0) is 14.3. The predicted molar refractivity (Wildman–Crippen MR) is 65.5 cm³/mol. The zero-order valence-corrected chi connectivity index (χ0v) is 11.0. The van der Waals surface area contributed by atoms with Gasteiger partial charge in [-0.05, 0) is 13.3 Å². The first-order valence-electron chi connectivity index (χ1n) is 6.06. The Balaban J connectivity index is 2.44. The molecule has 2 N–H and O–H groups in total. The Hall–Kier alpha value is -2.12. The number of aromatic nitrogens is 2. The molecule has 0 saturated heterocycles. The number of carbonyl (C=O) groups excluding carboxylic acids is 1. The molecule has 106 valence electrons. The van der Waals surface area contributed by atoms with Crippen LogP contribution in [0.3, 0.4) is 0 Å². The summed E-state index contributed by atoms with van der Waals surface area (Å²) in [6, 6.07) is -0.540. The normalized spacial score (nSPS) is 11.9. The van der Waals surface area contributed by atoms with Gasteiger partial charge < -0.3 is 19.8 Å². The van der Waals surface area contributed by atoms with Crippen molar-refractivity contribution in [1.29, 1.82) is 0 Å². The lowest BCUT2D eigenvalue weighted by molar-refractivity contribution is -0.138. The molecule has 0 aromatic carbocycles. The Bertz CT molecular complexity index is 407. The fourth-order valence-corrected chi connectivity index (χ4v) is 1.48. The summed E-state index contributed by atoms with van der Waals surface area (Å²) in [7, 11) is 0. The third kappa shape index (κ3) is 4.94. The summed E-state index contributed by atoms with van der Waals surface area (Å²) < 4.78 is 4.57. The molecule has 8 nitrogen and oxygen atoms in total. The quantitative estimate of drug-likeness (QED) is 0.747. The van der Waals surface area contributed by atoms with E-state index in [1.165, 1.54) is 11.3 Å². The van der Waals surface area contributed by atoms with Gasteiger partial charge in [0.25, 0.3) is 0 Å². The van der Waals surface area contributed by atoms with Crippen LogP contribution in [0.4, 0.5) is 4.79 Å². The van der Waals surface area contributed by atoms with E-state index in [1.54, 1.807) is 0 Å². The maximum Gasteiger partial charge on any atom is 0.323 e. The number of carboxylic acid groups (broad SMARTS) is 1.